The minimum atomic E-state index is 0.620. The predicted molar refractivity (Wildman–Crippen MR) is 71.5 cm³/mol. The topological polar surface area (TPSA) is 21.3 Å². The molecule has 17 heavy (non-hydrogen) atoms. The third-order valence-electron chi connectivity index (χ3n) is 3.64. The van der Waals surface area contributed by atoms with E-state index in [0.29, 0.717) is 5.92 Å². The van der Waals surface area contributed by atoms with Crippen molar-refractivity contribution in [3.05, 3.63) is 34.9 Å². The van der Waals surface area contributed by atoms with E-state index < -0.39 is 0 Å². The number of hydrogen-bond donors (Lipinski definition) is 1. The first-order valence-corrected chi connectivity index (χ1v) is 6.50. The molecule has 0 saturated carbocycles. The molecule has 1 N–H and O–H groups in total. The van der Waals surface area contributed by atoms with Crippen molar-refractivity contribution in [2.45, 2.75) is 26.2 Å². The van der Waals surface area contributed by atoms with Crippen LogP contribution in [0.25, 0.3) is 0 Å². The first-order valence-electron chi connectivity index (χ1n) is 6.50. The van der Waals surface area contributed by atoms with Gasteiger partial charge in [-0.2, -0.15) is 0 Å². The fraction of sp³-hybridized carbons (Fsp3) is 0.600. The molecule has 2 rings (SSSR count). The highest BCUT2D eigenvalue weighted by Gasteiger charge is 2.24. The maximum absolute atomic E-state index is 5.28. The van der Waals surface area contributed by atoms with E-state index in [1.54, 1.807) is 0 Å². The summed E-state index contributed by atoms with van der Waals surface area (Å²) >= 11 is 0. The normalized spacial score (nSPS) is 17.8. The second-order valence-electron chi connectivity index (χ2n) is 5.25. The van der Waals surface area contributed by atoms with Crippen LogP contribution in [0.2, 0.25) is 0 Å². The highest BCUT2D eigenvalue weighted by atomic mass is 16.5. The van der Waals surface area contributed by atoms with Gasteiger partial charge in [-0.15, -0.1) is 0 Å². The second-order valence-corrected chi connectivity index (χ2v) is 5.25. The molecular weight excluding hydrogens is 210 g/mol. The SMILES string of the molecule is CNCC(CC1COC1)c1ccc(C)cc1C. The van der Waals surface area contributed by atoms with Crippen molar-refractivity contribution in [2.24, 2.45) is 5.92 Å². The van der Waals surface area contributed by atoms with Crippen LogP contribution < -0.4 is 5.32 Å². The lowest BCUT2D eigenvalue weighted by atomic mass is 9.85. The number of aryl methyl sites for hydroxylation is 2. The van der Waals surface area contributed by atoms with Gasteiger partial charge in [-0.25, -0.2) is 0 Å². The maximum atomic E-state index is 5.28. The zero-order valence-electron chi connectivity index (χ0n) is 11.1. The summed E-state index contributed by atoms with van der Waals surface area (Å²) in [5.41, 5.74) is 4.27. The lowest BCUT2D eigenvalue weighted by molar-refractivity contribution is -0.0384. The zero-order valence-corrected chi connectivity index (χ0v) is 11.1. The molecule has 1 aliphatic rings. The molecule has 0 bridgehead atoms. The van der Waals surface area contributed by atoms with Crippen LogP contribution in [0.15, 0.2) is 18.2 Å². The number of benzene rings is 1. The molecule has 1 heterocycles. The van der Waals surface area contributed by atoms with Gasteiger partial charge in [0.2, 0.25) is 0 Å². The summed E-state index contributed by atoms with van der Waals surface area (Å²) in [6, 6.07) is 6.81. The van der Waals surface area contributed by atoms with Gasteiger partial charge in [0.05, 0.1) is 13.2 Å². The van der Waals surface area contributed by atoms with E-state index in [4.69, 9.17) is 4.74 Å². The van der Waals surface area contributed by atoms with E-state index in [9.17, 15) is 0 Å². The molecule has 2 heteroatoms. The Morgan fingerprint density at radius 3 is 2.65 bits per heavy atom. The van der Waals surface area contributed by atoms with Gasteiger partial charge in [-0.05, 0) is 44.4 Å². The molecule has 1 atom stereocenters. The molecule has 1 aromatic carbocycles. The Morgan fingerprint density at radius 2 is 2.12 bits per heavy atom. The van der Waals surface area contributed by atoms with Crippen LogP contribution in [0, 0.1) is 19.8 Å². The van der Waals surface area contributed by atoms with Gasteiger partial charge in [-0.1, -0.05) is 23.8 Å². The summed E-state index contributed by atoms with van der Waals surface area (Å²) in [7, 11) is 2.04. The minimum Gasteiger partial charge on any atom is -0.381 e. The average molecular weight is 233 g/mol. The largest absolute Gasteiger partial charge is 0.381 e. The van der Waals surface area contributed by atoms with Crippen LogP contribution in [0.1, 0.15) is 29.0 Å². The minimum absolute atomic E-state index is 0.620. The number of nitrogens with one attached hydrogen (secondary N) is 1. The summed E-state index contributed by atoms with van der Waals surface area (Å²) in [6.07, 6.45) is 1.24. The van der Waals surface area contributed by atoms with Crippen molar-refractivity contribution in [2.75, 3.05) is 26.8 Å². The third-order valence-corrected chi connectivity index (χ3v) is 3.64. The molecular formula is C15H23NO. The average Bonchev–Trinajstić information content (AvgIpc) is 2.22. The van der Waals surface area contributed by atoms with Crippen LogP contribution in [-0.4, -0.2) is 26.8 Å². The zero-order chi connectivity index (χ0) is 12.3. The number of hydrogen-bond acceptors (Lipinski definition) is 2. The Morgan fingerprint density at radius 1 is 1.35 bits per heavy atom. The fourth-order valence-corrected chi connectivity index (χ4v) is 2.67. The molecule has 0 radical (unpaired) electrons. The highest BCUT2D eigenvalue weighted by molar-refractivity contribution is 5.33. The van der Waals surface area contributed by atoms with Gasteiger partial charge in [-0.3, -0.25) is 0 Å². The Kier molecular flexibility index (Phi) is 4.19. The summed E-state index contributed by atoms with van der Waals surface area (Å²) in [5.74, 6) is 1.38. The summed E-state index contributed by atoms with van der Waals surface area (Å²) < 4.78 is 5.28. The van der Waals surface area contributed by atoms with Crippen LogP contribution >= 0.6 is 0 Å². The maximum Gasteiger partial charge on any atom is 0.0516 e. The molecule has 1 fully saturated rings. The summed E-state index contributed by atoms with van der Waals surface area (Å²) in [4.78, 5) is 0. The fourth-order valence-electron chi connectivity index (χ4n) is 2.67. The third kappa shape index (κ3) is 3.08. The smallest absolute Gasteiger partial charge is 0.0516 e. The summed E-state index contributed by atoms with van der Waals surface area (Å²) in [6.45, 7) is 7.34. The summed E-state index contributed by atoms with van der Waals surface area (Å²) in [5, 5.41) is 3.32. The molecule has 1 unspecified atom stereocenters. The van der Waals surface area contributed by atoms with E-state index in [1.807, 2.05) is 7.05 Å². The molecule has 0 aliphatic carbocycles. The van der Waals surface area contributed by atoms with Gasteiger partial charge < -0.3 is 10.1 Å². The molecule has 1 aromatic rings. The Hall–Kier alpha value is -0.860. The molecule has 94 valence electrons. The van der Waals surface area contributed by atoms with Gasteiger partial charge >= 0.3 is 0 Å². The molecule has 1 saturated heterocycles. The lowest BCUT2D eigenvalue weighted by Gasteiger charge is -2.30. The molecule has 0 spiro atoms. The molecule has 2 nitrogen and oxygen atoms in total. The number of likely N-dealkylation sites (N-methyl/N-ethyl adjacent to an activating group) is 1. The van der Waals surface area contributed by atoms with Gasteiger partial charge in [0.1, 0.15) is 0 Å². The van der Waals surface area contributed by atoms with E-state index in [2.05, 4.69) is 37.4 Å². The Bertz CT molecular complexity index is 371. The Balaban J connectivity index is 2.12. The quantitative estimate of drug-likeness (QED) is 0.844. The van der Waals surface area contributed by atoms with Crippen LogP contribution in [-0.2, 0) is 4.74 Å². The molecule has 0 amide bonds. The van der Waals surface area contributed by atoms with Gasteiger partial charge in [0.25, 0.3) is 0 Å². The van der Waals surface area contributed by atoms with Crippen molar-refractivity contribution in [1.29, 1.82) is 0 Å². The van der Waals surface area contributed by atoms with Crippen LogP contribution in [0.4, 0.5) is 0 Å². The van der Waals surface area contributed by atoms with Crippen molar-refractivity contribution < 1.29 is 4.74 Å². The number of ether oxygens (including phenoxy) is 1. The van der Waals surface area contributed by atoms with E-state index in [-0.39, 0.29) is 0 Å². The van der Waals surface area contributed by atoms with E-state index in [1.165, 1.54) is 23.1 Å². The molecule has 0 aromatic heterocycles. The van der Waals surface area contributed by atoms with Gasteiger partial charge in [0, 0.05) is 12.5 Å². The lowest BCUT2D eigenvalue weighted by Crippen LogP contribution is -2.31. The molecule has 1 aliphatic heterocycles. The first kappa shape index (κ1) is 12.6. The Labute approximate surface area is 104 Å². The highest BCUT2D eigenvalue weighted by Crippen LogP contribution is 2.29. The van der Waals surface area contributed by atoms with Crippen LogP contribution in [0.5, 0.6) is 0 Å². The number of rotatable bonds is 5. The standard InChI is InChI=1S/C15H23NO/c1-11-4-5-15(12(2)6-11)14(8-16-3)7-13-9-17-10-13/h4-6,13-14,16H,7-10H2,1-3H3. The van der Waals surface area contributed by atoms with Crippen LogP contribution in [0.3, 0.4) is 0 Å². The monoisotopic (exact) mass is 233 g/mol. The second kappa shape index (κ2) is 5.65. The first-order chi connectivity index (χ1) is 8.20. The van der Waals surface area contributed by atoms with Crippen molar-refractivity contribution >= 4 is 0 Å². The van der Waals surface area contributed by atoms with Crippen molar-refractivity contribution in [3.63, 3.8) is 0 Å². The predicted octanol–water partition coefficient (Wildman–Crippen LogP) is 2.64. The van der Waals surface area contributed by atoms with E-state index in [0.717, 1.165) is 25.7 Å². The van der Waals surface area contributed by atoms with Crippen molar-refractivity contribution in [3.8, 4) is 0 Å². The van der Waals surface area contributed by atoms with Crippen molar-refractivity contribution in [1.82, 2.24) is 5.32 Å². The van der Waals surface area contributed by atoms with E-state index >= 15 is 0 Å². The van der Waals surface area contributed by atoms with Gasteiger partial charge in [0.15, 0.2) is 0 Å².